The van der Waals surface area contributed by atoms with Crippen molar-refractivity contribution in [2.24, 2.45) is 0 Å². The predicted octanol–water partition coefficient (Wildman–Crippen LogP) is 5.18. The van der Waals surface area contributed by atoms with Crippen LogP contribution in [-0.4, -0.2) is 31.8 Å². The highest BCUT2D eigenvalue weighted by atomic mass is 35.5. The van der Waals surface area contributed by atoms with Crippen molar-refractivity contribution in [1.82, 2.24) is 15.0 Å². The summed E-state index contributed by atoms with van der Waals surface area (Å²) >= 11 is 9.15. The van der Waals surface area contributed by atoms with Crippen LogP contribution >= 0.6 is 34.7 Å². The van der Waals surface area contributed by atoms with Crippen LogP contribution in [0.5, 0.6) is 0 Å². The van der Waals surface area contributed by atoms with Gasteiger partial charge in [-0.15, -0.1) is 11.3 Å². The summed E-state index contributed by atoms with van der Waals surface area (Å²) in [5, 5.41) is 12.8. The predicted molar refractivity (Wildman–Crippen MR) is 106 cm³/mol. The molecular weight excluding hydrogens is 390 g/mol. The third-order valence-electron chi connectivity index (χ3n) is 3.68. The van der Waals surface area contributed by atoms with Crippen LogP contribution in [0.1, 0.15) is 0 Å². The first kappa shape index (κ1) is 17.1. The molecule has 0 aliphatic rings. The van der Waals surface area contributed by atoms with Crippen molar-refractivity contribution in [3.8, 4) is 21.8 Å². The molecule has 0 saturated heterocycles. The minimum Gasteiger partial charge on any atom is -0.481 e. The van der Waals surface area contributed by atoms with E-state index in [-0.39, 0.29) is 5.75 Å². The topological polar surface area (TPSA) is 78.9 Å². The second kappa shape index (κ2) is 7.11. The van der Waals surface area contributed by atoms with Crippen molar-refractivity contribution in [1.29, 1.82) is 0 Å². The number of aromatic amines is 1. The maximum absolute atomic E-state index is 10.7. The van der Waals surface area contributed by atoms with E-state index in [4.69, 9.17) is 21.7 Å². The minimum absolute atomic E-state index is 0.0487. The summed E-state index contributed by atoms with van der Waals surface area (Å²) in [4.78, 5) is 22.9. The third kappa shape index (κ3) is 3.46. The summed E-state index contributed by atoms with van der Waals surface area (Å²) in [5.41, 5.74) is 4.16. The van der Waals surface area contributed by atoms with E-state index in [1.165, 1.54) is 0 Å². The Hall–Kier alpha value is -2.35. The highest BCUT2D eigenvalue weighted by Crippen LogP contribution is 2.35. The molecule has 0 aliphatic carbocycles. The van der Waals surface area contributed by atoms with Crippen LogP contribution in [0, 0.1) is 0 Å². The normalized spacial score (nSPS) is 11.1. The number of carboxylic acid groups (broad SMARTS) is 1. The van der Waals surface area contributed by atoms with Gasteiger partial charge in [-0.25, -0.2) is 9.97 Å². The summed E-state index contributed by atoms with van der Waals surface area (Å²) < 4.78 is 0. The van der Waals surface area contributed by atoms with Gasteiger partial charge in [-0.2, -0.15) is 0 Å². The van der Waals surface area contributed by atoms with Gasteiger partial charge in [0.05, 0.1) is 27.5 Å². The monoisotopic (exact) mass is 401 g/mol. The lowest BCUT2D eigenvalue weighted by Crippen LogP contribution is -1.97. The minimum atomic E-state index is -0.884. The fraction of sp³-hybridized carbons (Fsp3) is 0.0556. The van der Waals surface area contributed by atoms with Gasteiger partial charge < -0.3 is 10.1 Å². The van der Waals surface area contributed by atoms with E-state index in [2.05, 4.69) is 9.97 Å². The molecule has 4 rings (SSSR count). The summed E-state index contributed by atoms with van der Waals surface area (Å²) in [6, 6.07) is 13.7. The standard InChI is InChI=1S/C18H12ClN3O2S2/c19-12-7-14-13(21-18(22-14)26-9-16(23)24)6-11(12)15-8-25-17(20-15)10-4-2-1-3-5-10/h1-8H,9H2,(H,21,22)(H,23,24). The quantitative estimate of drug-likeness (QED) is 0.450. The molecule has 2 N–H and O–H groups in total. The Morgan fingerprint density at radius 1 is 1.23 bits per heavy atom. The zero-order valence-corrected chi connectivity index (χ0v) is 15.7. The first-order valence-corrected chi connectivity index (χ1v) is 9.89. The van der Waals surface area contributed by atoms with Crippen molar-refractivity contribution >= 4 is 51.7 Å². The number of rotatable bonds is 5. The molecule has 0 bridgehead atoms. The first-order valence-electron chi connectivity index (χ1n) is 7.65. The van der Waals surface area contributed by atoms with Gasteiger partial charge in [-0.3, -0.25) is 4.79 Å². The average molecular weight is 402 g/mol. The molecule has 0 spiro atoms. The van der Waals surface area contributed by atoms with Crippen LogP contribution in [0.2, 0.25) is 5.02 Å². The van der Waals surface area contributed by atoms with Crippen molar-refractivity contribution in [2.75, 3.05) is 5.75 Å². The van der Waals surface area contributed by atoms with Gasteiger partial charge in [0.25, 0.3) is 0 Å². The number of benzene rings is 2. The van der Waals surface area contributed by atoms with E-state index in [0.717, 1.165) is 44.6 Å². The lowest BCUT2D eigenvalue weighted by molar-refractivity contribution is -0.133. The van der Waals surface area contributed by atoms with E-state index in [1.807, 2.05) is 41.8 Å². The number of thioether (sulfide) groups is 1. The molecule has 0 saturated carbocycles. The number of fused-ring (bicyclic) bond motifs is 1. The Labute approximate surface area is 162 Å². The van der Waals surface area contributed by atoms with E-state index in [0.29, 0.717) is 10.2 Å². The number of carboxylic acids is 1. The zero-order chi connectivity index (χ0) is 18.1. The molecule has 0 amide bonds. The maximum Gasteiger partial charge on any atom is 0.313 e. The zero-order valence-electron chi connectivity index (χ0n) is 13.3. The Kier molecular flexibility index (Phi) is 4.67. The molecule has 4 aromatic rings. The number of aromatic nitrogens is 3. The van der Waals surface area contributed by atoms with Crippen LogP contribution < -0.4 is 0 Å². The van der Waals surface area contributed by atoms with Gasteiger partial charge in [0.1, 0.15) is 5.01 Å². The number of aliphatic carboxylic acids is 1. The molecule has 0 unspecified atom stereocenters. The fourth-order valence-electron chi connectivity index (χ4n) is 2.51. The summed E-state index contributed by atoms with van der Waals surface area (Å²) in [6.07, 6.45) is 0. The molecule has 0 fully saturated rings. The molecule has 5 nitrogen and oxygen atoms in total. The first-order chi connectivity index (χ1) is 12.6. The smallest absolute Gasteiger partial charge is 0.313 e. The van der Waals surface area contributed by atoms with E-state index >= 15 is 0 Å². The maximum atomic E-state index is 10.7. The molecular formula is C18H12ClN3O2S2. The van der Waals surface area contributed by atoms with Gasteiger partial charge in [-0.05, 0) is 12.1 Å². The van der Waals surface area contributed by atoms with Crippen molar-refractivity contribution in [3.63, 3.8) is 0 Å². The van der Waals surface area contributed by atoms with E-state index < -0.39 is 5.97 Å². The third-order valence-corrected chi connectivity index (χ3v) is 5.74. The average Bonchev–Trinajstić information content (AvgIpc) is 3.26. The number of hydrogen-bond acceptors (Lipinski definition) is 5. The lowest BCUT2D eigenvalue weighted by atomic mass is 10.1. The molecule has 8 heteroatoms. The second-order valence-corrected chi connectivity index (χ2v) is 7.71. The van der Waals surface area contributed by atoms with Crippen molar-refractivity contribution in [3.05, 3.63) is 52.9 Å². The summed E-state index contributed by atoms with van der Waals surface area (Å²) in [6.45, 7) is 0. The van der Waals surface area contributed by atoms with Crippen LogP contribution in [0.15, 0.2) is 53.0 Å². The Morgan fingerprint density at radius 2 is 2.04 bits per heavy atom. The molecule has 2 heterocycles. The van der Waals surface area contributed by atoms with Gasteiger partial charge in [0, 0.05) is 16.5 Å². The van der Waals surface area contributed by atoms with Crippen LogP contribution in [0.3, 0.4) is 0 Å². The number of H-pyrrole nitrogens is 1. The number of carbonyl (C=O) groups is 1. The number of imidazole rings is 1. The molecule has 130 valence electrons. The Bertz CT molecular complexity index is 1090. The molecule has 0 aliphatic heterocycles. The van der Waals surface area contributed by atoms with E-state index in [9.17, 15) is 4.79 Å². The van der Waals surface area contributed by atoms with Gasteiger partial charge in [0.2, 0.25) is 0 Å². The van der Waals surface area contributed by atoms with E-state index in [1.54, 1.807) is 17.4 Å². The number of hydrogen-bond donors (Lipinski definition) is 2. The fourth-order valence-corrected chi connectivity index (χ4v) is 4.20. The SMILES string of the molecule is O=C(O)CSc1nc2cc(-c3csc(-c4ccccc4)n3)c(Cl)cc2[nH]1. The molecule has 0 radical (unpaired) electrons. The largest absolute Gasteiger partial charge is 0.481 e. The van der Waals surface area contributed by atoms with Gasteiger partial charge in [-0.1, -0.05) is 53.7 Å². The van der Waals surface area contributed by atoms with Crippen LogP contribution in [0.4, 0.5) is 0 Å². The van der Waals surface area contributed by atoms with Gasteiger partial charge >= 0.3 is 5.97 Å². The molecule has 2 aromatic heterocycles. The van der Waals surface area contributed by atoms with Crippen LogP contribution in [0.25, 0.3) is 32.9 Å². The van der Waals surface area contributed by atoms with Gasteiger partial charge in [0.15, 0.2) is 5.16 Å². The number of nitrogens with one attached hydrogen (secondary N) is 1. The second-order valence-electron chi connectivity index (χ2n) is 5.48. The number of thiazole rings is 1. The Morgan fingerprint density at radius 3 is 2.81 bits per heavy atom. The summed E-state index contributed by atoms with van der Waals surface area (Å²) in [5.74, 6) is -0.933. The summed E-state index contributed by atoms with van der Waals surface area (Å²) in [7, 11) is 0. The molecule has 26 heavy (non-hydrogen) atoms. The van der Waals surface area contributed by atoms with Crippen molar-refractivity contribution < 1.29 is 9.90 Å². The molecule has 2 aromatic carbocycles. The number of halogens is 1. The van der Waals surface area contributed by atoms with Crippen LogP contribution in [-0.2, 0) is 4.79 Å². The number of nitrogens with zero attached hydrogens (tertiary/aromatic N) is 2. The van der Waals surface area contributed by atoms with Crippen molar-refractivity contribution in [2.45, 2.75) is 5.16 Å². The molecule has 0 atom stereocenters. The Balaban J connectivity index is 1.69. The highest BCUT2D eigenvalue weighted by Gasteiger charge is 2.13. The highest BCUT2D eigenvalue weighted by molar-refractivity contribution is 7.99. The lowest BCUT2D eigenvalue weighted by Gasteiger charge is -2.01.